The van der Waals surface area contributed by atoms with Crippen molar-refractivity contribution in [3.05, 3.63) is 94.1 Å². The molecule has 35 heavy (non-hydrogen) atoms. The molecule has 178 valence electrons. The predicted octanol–water partition coefficient (Wildman–Crippen LogP) is 5.80. The molecule has 4 aromatic rings. The Bertz CT molecular complexity index is 1410. The molecular weight excluding hydrogens is 466 g/mol. The summed E-state index contributed by atoms with van der Waals surface area (Å²) in [7, 11) is 2.95. The summed E-state index contributed by atoms with van der Waals surface area (Å²) in [4.78, 5) is 30.8. The molecule has 2 amide bonds. The lowest BCUT2D eigenvalue weighted by atomic mass is 9.92. The van der Waals surface area contributed by atoms with Crippen LogP contribution in [0.3, 0.4) is 0 Å². The molecule has 0 aliphatic carbocycles. The molecule has 1 atom stereocenters. The fourth-order valence-electron chi connectivity index (χ4n) is 4.65. The van der Waals surface area contributed by atoms with Crippen LogP contribution in [-0.2, 0) is 11.2 Å². The molecule has 1 aromatic heterocycles. The Morgan fingerprint density at radius 1 is 1.06 bits per heavy atom. The summed E-state index contributed by atoms with van der Waals surface area (Å²) in [5, 5.41) is 4.69. The van der Waals surface area contributed by atoms with Crippen LogP contribution in [0.4, 0.5) is 10.5 Å². The van der Waals surface area contributed by atoms with Gasteiger partial charge in [-0.3, -0.25) is 0 Å². The van der Waals surface area contributed by atoms with Gasteiger partial charge in [-0.15, -0.1) is 0 Å². The second-order valence-corrected chi connectivity index (χ2v) is 8.77. The van der Waals surface area contributed by atoms with Gasteiger partial charge in [0, 0.05) is 33.9 Å². The van der Waals surface area contributed by atoms with Gasteiger partial charge in [0.15, 0.2) is 0 Å². The van der Waals surface area contributed by atoms with E-state index in [1.54, 1.807) is 36.3 Å². The number of nitrogens with one attached hydrogen (secondary N) is 2. The maximum absolute atomic E-state index is 13.5. The smallest absolute Gasteiger partial charge is 0.337 e. The molecule has 0 spiro atoms. The number of nitrogens with zero attached hydrogens (tertiary/aromatic N) is 1. The maximum Gasteiger partial charge on any atom is 0.337 e. The fraction of sp³-hybridized carbons (Fsp3) is 0.185. The Balaban J connectivity index is 1.54. The lowest BCUT2D eigenvalue weighted by Crippen LogP contribution is -2.43. The highest BCUT2D eigenvalue weighted by atomic mass is 35.5. The topological polar surface area (TPSA) is 83.7 Å². The minimum absolute atomic E-state index is 0.268. The van der Waals surface area contributed by atoms with E-state index < -0.39 is 5.97 Å². The molecule has 1 aliphatic heterocycles. The van der Waals surface area contributed by atoms with Crippen LogP contribution >= 0.6 is 11.6 Å². The van der Waals surface area contributed by atoms with E-state index in [1.807, 2.05) is 42.5 Å². The molecule has 3 aromatic carbocycles. The summed E-state index contributed by atoms with van der Waals surface area (Å²) < 4.78 is 10.1. The molecule has 0 bridgehead atoms. The molecule has 2 N–H and O–H groups in total. The van der Waals surface area contributed by atoms with E-state index in [4.69, 9.17) is 21.1 Å². The summed E-state index contributed by atoms with van der Waals surface area (Å²) in [6, 6.07) is 19.6. The van der Waals surface area contributed by atoms with E-state index in [2.05, 4.69) is 10.3 Å². The van der Waals surface area contributed by atoms with Crippen molar-refractivity contribution in [1.29, 1.82) is 0 Å². The van der Waals surface area contributed by atoms with Crippen LogP contribution < -0.4 is 10.1 Å². The van der Waals surface area contributed by atoms with Gasteiger partial charge in [-0.1, -0.05) is 29.8 Å². The first-order valence-electron chi connectivity index (χ1n) is 11.2. The van der Waals surface area contributed by atoms with Gasteiger partial charge in [0.05, 0.1) is 25.8 Å². The monoisotopic (exact) mass is 489 g/mol. The van der Waals surface area contributed by atoms with Crippen LogP contribution in [0.15, 0.2) is 66.7 Å². The van der Waals surface area contributed by atoms with E-state index in [-0.39, 0.29) is 12.1 Å². The fourth-order valence-corrected chi connectivity index (χ4v) is 4.82. The zero-order chi connectivity index (χ0) is 24.5. The minimum Gasteiger partial charge on any atom is -0.497 e. The van der Waals surface area contributed by atoms with Crippen LogP contribution in [0, 0.1) is 0 Å². The molecule has 8 heteroatoms. The van der Waals surface area contributed by atoms with E-state index in [0.717, 1.165) is 33.5 Å². The molecule has 5 rings (SSSR count). The van der Waals surface area contributed by atoms with Crippen molar-refractivity contribution in [2.75, 3.05) is 26.1 Å². The standard InChI is InChI=1S/C27H24ClN3O4/c1-34-20-9-6-16(7-10-20)25-24-21(22-15-18(28)8-11-23(22)30-24)12-13-31(25)27(33)29-19-5-3-4-17(14-19)26(32)35-2/h3-11,14-15,25,30H,12-13H2,1-2H3,(H,29,33)/t25-/m0/s1. The zero-order valence-corrected chi connectivity index (χ0v) is 20.1. The molecule has 0 radical (unpaired) electrons. The highest BCUT2D eigenvalue weighted by Gasteiger charge is 2.34. The molecule has 0 fully saturated rings. The van der Waals surface area contributed by atoms with E-state index in [0.29, 0.717) is 29.2 Å². The number of carbonyl (C=O) groups is 2. The van der Waals surface area contributed by atoms with Gasteiger partial charge in [-0.2, -0.15) is 0 Å². The number of urea groups is 1. The van der Waals surface area contributed by atoms with Gasteiger partial charge in [0.2, 0.25) is 0 Å². The number of H-pyrrole nitrogens is 1. The number of halogens is 1. The summed E-state index contributed by atoms with van der Waals surface area (Å²) in [5.41, 5.74) is 4.91. The average Bonchev–Trinajstić information content (AvgIpc) is 3.25. The van der Waals surface area contributed by atoms with E-state index in [1.165, 1.54) is 7.11 Å². The second-order valence-electron chi connectivity index (χ2n) is 8.33. The predicted molar refractivity (Wildman–Crippen MR) is 135 cm³/mol. The number of amides is 2. The van der Waals surface area contributed by atoms with Crippen molar-refractivity contribution in [2.45, 2.75) is 12.5 Å². The first kappa shape index (κ1) is 22.8. The number of aromatic amines is 1. The van der Waals surface area contributed by atoms with Gasteiger partial charge in [-0.05, 0) is 66.1 Å². The molecule has 0 unspecified atom stereocenters. The summed E-state index contributed by atoms with van der Waals surface area (Å²) in [6.45, 7) is 0.506. The van der Waals surface area contributed by atoms with Crippen LogP contribution in [-0.4, -0.2) is 42.6 Å². The molecule has 1 aliphatic rings. The van der Waals surface area contributed by atoms with Crippen molar-refractivity contribution < 1.29 is 19.1 Å². The van der Waals surface area contributed by atoms with Crippen LogP contribution in [0.5, 0.6) is 5.75 Å². The number of esters is 1. The Morgan fingerprint density at radius 3 is 2.60 bits per heavy atom. The van der Waals surface area contributed by atoms with Gasteiger partial charge >= 0.3 is 12.0 Å². The Labute approximate surface area is 207 Å². The number of anilines is 1. The largest absolute Gasteiger partial charge is 0.497 e. The quantitative estimate of drug-likeness (QED) is 0.355. The van der Waals surface area contributed by atoms with Crippen molar-refractivity contribution >= 4 is 40.2 Å². The number of rotatable bonds is 4. The number of ether oxygens (including phenoxy) is 2. The number of methoxy groups -OCH3 is 2. The van der Waals surface area contributed by atoms with Crippen LogP contribution in [0.1, 0.15) is 33.2 Å². The highest BCUT2D eigenvalue weighted by Crippen LogP contribution is 2.39. The van der Waals surface area contributed by atoms with Gasteiger partial charge < -0.3 is 24.7 Å². The highest BCUT2D eigenvalue weighted by molar-refractivity contribution is 6.31. The van der Waals surface area contributed by atoms with Crippen LogP contribution in [0.2, 0.25) is 5.02 Å². The van der Waals surface area contributed by atoms with E-state index in [9.17, 15) is 9.59 Å². The summed E-state index contributed by atoms with van der Waals surface area (Å²) >= 11 is 6.28. The SMILES string of the molecule is COC(=O)c1cccc(NC(=O)N2CCc3c([nH]c4ccc(Cl)cc34)[C@@H]2c2ccc(OC)cc2)c1. The number of hydrogen-bond acceptors (Lipinski definition) is 4. The third-order valence-electron chi connectivity index (χ3n) is 6.32. The molecule has 0 saturated heterocycles. The molecule has 2 heterocycles. The van der Waals surface area contributed by atoms with E-state index >= 15 is 0 Å². The number of hydrogen-bond donors (Lipinski definition) is 2. The van der Waals surface area contributed by atoms with Crippen molar-refractivity contribution in [3.8, 4) is 5.75 Å². The third-order valence-corrected chi connectivity index (χ3v) is 6.55. The molecule has 7 nitrogen and oxygen atoms in total. The third kappa shape index (κ3) is 4.31. The zero-order valence-electron chi connectivity index (χ0n) is 19.3. The molecule has 0 saturated carbocycles. The maximum atomic E-state index is 13.5. The molecular formula is C27H24ClN3O4. The number of carbonyl (C=O) groups excluding carboxylic acids is 2. The average molecular weight is 490 g/mol. The number of fused-ring (bicyclic) bond motifs is 3. The van der Waals surface area contributed by atoms with Crippen molar-refractivity contribution in [2.24, 2.45) is 0 Å². The Kier molecular flexibility index (Phi) is 6.09. The summed E-state index contributed by atoms with van der Waals surface area (Å²) in [5.74, 6) is 0.278. The summed E-state index contributed by atoms with van der Waals surface area (Å²) in [6.07, 6.45) is 0.679. The normalized spacial score (nSPS) is 14.9. The Morgan fingerprint density at radius 2 is 1.86 bits per heavy atom. The first-order chi connectivity index (χ1) is 17.0. The lowest BCUT2D eigenvalue weighted by Gasteiger charge is -2.36. The van der Waals surface area contributed by atoms with Crippen LogP contribution in [0.25, 0.3) is 10.9 Å². The second kappa shape index (κ2) is 9.35. The Hall–Kier alpha value is -3.97. The lowest BCUT2D eigenvalue weighted by molar-refractivity contribution is 0.0600. The number of benzene rings is 3. The van der Waals surface area contributed by atoms with Gasteiger partial charge in [0.25, 0.3) is 0 Å². The number of aromatic nitrogens is 1. The van der Waals surface area contributed by atoms with Crippen molar-refractivity contribution in [3.63, 3.8) is 0 Å². The first-order valence-corrected chi connectivity index (χ1v) is 11.6. The van der Waals surface area contributed by atoms with Gasteiger partial charge in [0.1, 0.15) is 5.75 Å². The van der Waals surface area contributed by atoms with Gasteiger partial charge in [-0.25, -0.2) is 9.59 Å². The van der Waals surface area contributed by atoms with Crippen molar-refractivity contribution in [1.82, 2.24) is 9.88 Å². The minimum atomic E-state index is -0.462.